The number of nitrogens with two attached hydrogens (primary N) is 1. The average Bonchev–Trinajstić information content (AvgIpc) is 2.88. The maximum Gasteiger partial charge on any atom is 0.162 e. The Labute approximate surface area is 109 Å². The quantitative estimate of drug-likeness (QED) is 0.903. The Morgan fingerprint density at radius 3 is 2.78 bits per heavy atom. The van der Waals surface area contributed by atoms with E-state index in [1.165, 1.54) is 0 Å². The van der Waals surface area contributed by atoms with Crippen molar-refractivity contribution in [3.8, 4) is 22.1 Å². The number of hydrogen-bond acceptors (Lipinski definition) is 5. The van der Waals surface area contributed by atoms with E-state index in [1.807, 2.05) is 31.3 Å². The van der Waals surface area contributed by atoms with Crippen LogP contribution in [0.3, 0.4) is 0 Å². The molecule has 0 fully saturated rings. The zero-order chi connectivity index (χ0) is 12.5. The van der Waals surface area contributed by atoms with Crippen LogP contribution in [0.15, 0.2) is 24.4 Å². The largest absolute Gasteiger partial charge is 0.486 e. The molecule has 1 aliphatic rings. The Bertz CT molecular complexity index is 566. The first-order valence-electron chi connectivity index (χ1n) is 5.85. The van der Waals surface area contributed by atoms with Crippen LogP contribution in [0, 0.1) is 0 Å². The van der Waals surface area contributed by atoms with Crippen molar-refractivity contribution in [2.75, 3.05) is 13.2 Å². The first kappa shape index (κ1) is 11.5. The topological polar surface area (TPSA) is 57.4 Å². The van der Waals surface area contributed by atoms with Crippen molar-refractivity contribution in [1.29, 1.82) is 0 Å². The molecule has 94 valence electrons. The second kappa shape index (κ2) is 4.59. The zero-order valence-corrected chi connectivity index (χ0v) is 10.9. The van der Waals surface area contributed by atoms with Crippen LogP contribution in [0.5, 0.6) is 11.5 Å². The molecule has 0 aliphatic carbocycles. The minimum atomic E-state index is 0.0217. The monoisotopic (exact) mass is 262 g/mol. The van der Waals surface area contributed by atoms with Gasteiger partial charge in [0, 0.05) is 22.7 Å². The molecule has 0 saturated heterocycles. The van der Waals surface area contributed by atoms with Crippen molar-refractivity contribution < 1.29 is 9.47 Å². The van der Waals surface area contributed by atoms with Crippen LogP contribution in [0.2, 0.25) is 0 Å². The summed E-state index contributed by atoms with van der Waals surface area (Å²) < 4.78 is 11.1. The van der Waals surface area contributed by atoms with Gasteiger partial charge in [-0.25, -0.2) is 4.98 Å². The van der Waals surface area contributed by atoms with Crippen LogP contribution >= 0.6 is 11.3 Å². The van der Waals surface area contributed by atoms with Crippen LogP contribution in [0.1, 0.15) is 17.8 Å². The van der Waals surface area contributed by atoms with Gasteiger partial charge >= 0.3 is 0 Å². The fraction of sp³-hybridized carbons (Fsp3) is 0.308. The van der Waals surface area contributed by atoms with E-state index in [0.29, 0.717) is 13.2 Å². The molecule has 0 amide bonds. The maximum atomic E-state index is 5.84. The summed E-state index contributed by atoms with van der Waals surface area (Å²) in [5.41, 5.74) is 6.88. The summed E-state index contributed by atoms with van der Waals surface area (Å²) in [4.78, 5) is 5.48. The number of aromatic nitrogens is 1. The molecular weight excluding hydrogens is 248 g/mol. The standard InChI is InChI=1S/C13H14N2O2S/c1-8(14)12-7-15-13(18-12)9-2-3-10-11(6-9)17-5-4-16-10/h2-3,6-8H,4-5,14H2,1H3. The van der Waals surface area contributed by atoms with Gasteiger partial charge in [0.2, 0.25) is 0 Å². The molecule has 0 radical (unpaired) electrons. The lowest BCUT2D eigenvalue weighted by Gasteiger charge is -2.18. The Kier molecular flexibility index (Phi) is 2.93. The number of thiazole rings is 1. The summed E-state index contributed by atoms with van der Waals surface area (Å²) in [6.07, 6.45) is 1.83. The molecule has 1 atom stereocenters. The molecule has 1 unspecified atom stereocenters. The molecule has 5 heteroatoms. The SMILES string of the molecule is CC(N)c1cnc(-c2ccc3c(c2)OCCO3)s1. The van der Waals surface area contributed by atoms with Gasteiger partial charge in [0.15, 0.2) is 11.5 Å². The van der Waals surface area contributed by atoms with Gasteiger partial charge in [-0.15, -0.1) is 11.3 Å². The van der Waals surface area contributed by atoms with E-state index in [4.69, 9.17) is 15.2 Å². The number of benzene rings is 1. The summed E-state index contributed by atoms with van der Waals surface area (Å²) >= 11 is 1.61. The molecule has 18 heavy (non-hydrogen) atoms. The highest BCUT2D eigenvalue weighted by Crippen LogP contribution is 2.36. The number of rotatable bonds is 2. The fourth-order valence-corrected chi connectivity index (χ4v) is 2.67. The van der Waals surface area contributed by atoms with E-state index >= 15 is 0 Å². The average molecular weight is 262 g/mol. The first-order chi connectivity index (χ1) is 8.74. The molecule has 2 aromatic rings. The van der Waals surface area contributed by atoms with Crippen molar-refractivity contribution in [3.05, 3.63) is 29.3 Å². The van der Waals surface area contributed by atoms with Gasteiger partial charge in [-0.3, -0.25) is 0 Å². The summed E-state index contributed by atoms with van der Waals surface area (Å²) in [7, 11) is 0. The smallest absolute Gasteiger partial charge is 0.162 e. The molecule has 1 aromatic heterocycles. The number of fused-ring (bicyclic) bond motifs is 1. The van der Waals surface area contributed by atoms with Crippen LogP contribution in [-0.4, -0.2) is 18.2 Å². The van der Waals surface area contributed by atoms with E-state index < -0.39 is 0 Å². The lowest BCUT2D eigenvalue weighted by atomic mass is 10.2. The lowest BCUT2D eigenvalue weighted by molar-refractivity contribution is 0.171. The predicted molar refractivity (Wildman–Crippen MR) is 71.1 cm³/mol. The van der Waals surface area contributed by atoms with Crippen LogP contribution in [0.25, 0.3) is 10.6 Å². The maximum absolute atomic E-state index is 5.84. The second-order valence-corrected chi connectivity index (χ2v) is 5.28. The first-order valence-corrected chi connectivity index (χ1v) is 6.67. The van der Waals surface area contributed by atoms with Crippen LogP contribution in [-0.2, 0) is 0 Å². The minimum absolute atomic E-state index is 0.0217. The molecule has 0 saturated carbocycles. The lowest BCUT2D eigenvalue weighted by Crippen LogP contribution is -2.15. The van der Waals surface area contributed by atoms with Crippen molar-refractivity contribution in [2.45, 2.75) is 13.0 Å². The number of hydrogen-bond donors (Lipinski definition) is 1. The van der Waals surface area contributed by atoms with Crippen molar-refractivity contribution in [1.82, 2.24) is 4.98 Å². The highest BCUT2D eigenvalue weighted by molar-refractivity contribution is 7.15. The van der Waals surface area contributed by atoms with Gasteiger partial charge in [-0.05, 0) is 25.1 Å². The van der Waals surface area contributed by atoms with E-state index in [0.717, 1.165) is 26.9 Å². The summed E-state index contributed by atoms with van der Waals surface area (Å²) in [5.74, 6) is 1.59. The number of ether oxygens (including phenoxy) is 2. The summed E-state index contributed by atoms with van der Waals surface area (Å²) in [5, 5.41) is 0.958. The summed E-state index contributed by atoms with van der Waals surface area (Å²) in [6, 6.07) is 5.92. The highest BCUT2D eigenvalue weighted by Gasteiger charge is 2.14. The third-order valence-corrected chi connectivity index (χ3v) is 4.01. The van der Waals surface area contributed by atoms with Gasteiger partial charge in [-0.2, -0.15) is 0 Å². The highest BCUT2D eigenvalue weighted by atomic mass is 32.1. The predicted octanol–water partition coefficient (Wildman–Crippen LogP) is 2.60. The third kappa shape index (κ3) is 2.07. The molecule has 3 rings (SSSR count). The van der Waals surface area contributed by atoms with E-state index in [2.05, 4.69) is 4.98 Å². The fourth-order valence-electron chi connectivity index (χ4n) is 1.81. The Hall–Kier alpha value is -1.59. The molecule has 1 aliphatic heterocycles. The van der Waals surface area contributed by atoms with Crippen molar-refractivity contribution in [3.63, 3.8) is 0 Å². The summed E-state index contributed by atoms with van der Waals surface area (Å²) in [6.45, 7) is 3.17. The van der Waals surface area contributed by atoms with Gasteiger partial charge in [0.1, 0.15) is 18.2 Å². The van der Waals surface area contributed by atoms with Gasteiger partial charge in [0.25, 0.3) is 0 Å². The molecule has 4 nitrogen and oxygen atoms in total. The zero-order valence-electron chi connectivity index (χ0n) is 10.1. The molecule has 2 heterocycles. The van der Waals surface area contributed by atoms with Crippen LogP contribution < -0.4 is 15.2 Å². The third-order valence-electron chi connectivity index (χ3n) is 2.76. The van der Waals surface area contributed by atoms with E-state index in [1.54, 1.807) is 11.3 Å². The van der Waals surface area contributed by atoms with E-state index in [-0.39, 0.29) is 6.04 Å². The molecule has 0 bridgehead atoms. The number of nitrogens with zero attached hydrogens (tertiary/aromatic N) is 1. The molecule has 1 aromatic carbocycles. The molecular formula is C13H14N2O2S. The molecule has 0 spiro atoms. The normalized spacial score (nSPS) is 15.4. The Morgan fingerprint density at radius 2 is 2.06 bits per heavy atom. The van der Waals surface area contributed by atoms with Crippen molar-refractivity contribution >= 4 is 11.3 Å². The molecule has 2 N–H and O–H groups in total. The van der Waals surface area contributed by atoms with Crippen LogP contribution in [0.4, 0.5) is 0 Å². The van der Waals surface area contributed by atoms with Gasteiger partial charge in [0.05, 0.1) is 0 Å². The van der Waals surface area contributed by atoms with Gasteiger partial charge in [-0.1, -0.05) is 0 Å². The van der Waals surface area contributed by atoms with Gasteiger partial charge < -0.3 is 15.2 Å². The minimum Gasteiger partial charge on any atom is -0.486 e. The Morgan fingerprint density at radius 1 is 1.28 bits per heavy atom. The second-order valence-electron chi connectivity index (χ2n) is 4.21. The van der Waals surface area contributed by atoms with Crippen molar-refractivity contribution in [2.24, 2.45) is 5.73 Å². The van der Waals surface area contributed by atoms with E-state index in [9.17, 15) is 0 Å². The Balaban J connectivity index is 1.95.